The SMILES string of the molecule is Cn1ncc2c1CCCC2NC1CCN2CCCC12. The first-order valence-electron chi connectivity index (χ1n) is 7.84. The summed E-state index contributed by atoms with van der Waals surface area (Å²) in [6.45, 7) is 2.63. The maximum absolute atomic E-state index is 4.46. The molecule has 1 aliphatic carbocycles. The molecule has 3 unspecified atom stereocenters. The fourth-order valence-electron chi connectivity index (χ4n) is 4.41. The first kappa shape index (κ1) is 11.9. The highest BCUT2D eigenvalue weighted by Gasteiger charge is 2.38. The van der Waals surface area contributed by atoms with Crippen LogP contribution in [0.25, 0.3) is 0 Å². The molecule has 3 atom stereocenters. The van der Waals surface area contributed by atoms with Crippen LogP contribution in [-0.4, -0.2) is 39.9 Å². The molecule has 2 saturated heterocycles. The summed E-state index contributed by atoms with van der Waals surface area (Å²) < 4.78 is 2.07. The van der Waals surface area contributed by atoms with E-state index in [0.717, 1.165) is 6.04 Å². The lowest BCUT2D eigenvalue weighted by Gasteiger charge is -2.29. The summed E-state index contributed by atoms with van der Waals surface area (Å²) in [5.41, 5.74) is 2.91. The summed E-state index contributed by atoms with van der Waals surface area (Å²) >= 11 is 0. The van der Waals surface area contributed by atoms with Crippen LogP contribution in [0.3, 0.4) is 0 Å². The Morgan fingerprint density at radius 2 is 2.16 bits per heavy atom. The molecule has 0 amide bonds. The van der Waals surface area contributed by atoms with Crippen molar-refractivity contribution in [3.8, 4) is 0 Å². The van der Waals surface area contributed by atoms with Crippen molar-refractivity contribution in [1.29, 1.82) is 0 Å². The number of nitrogens with zero attached hydrogens (tertiary/aromatic N) is 3. The van der Waals surface area contributed by atoms with Crippen LogP contribution >= 0.6 is 0 Å². The Balaban J connectivity index is 1.52. The molecule has 4 nitrogen and oxygen atoms in total. The number of rotatable bonds is 2. The minimum absolute atomic E-state index is 0.544. The number of hydrogen-bond donors (Lipinski definition) is 1. The number of fused-ring (bicyclic) bond motifs is 2. The van der Waals surface area contributed by atoms with Gasteiger partial charge in [-0.2, -0.15) is 5.10 Å². The third-order valence-corrected chi connectivity index (χ3v) is 5.40. The summed E-state index contributed by atoms with van der Waals surface area (Å²) in [5, 5.41) is 8.42. The second-order valence-corrected chi connectivity index (χ2v) is 6.42. The van der Waals surface area contributed by atoms with Crippen molar-refractivity contribution in [3.63, 3.8) is 0 Å². The fraction of sp³-hybridized carbons (Fsp3) is 0.800. The van der Waals surface area contributed by atoms with Crippen molar-refractivity contribution in [2.45, 2.75) is 56.7 Å². The van der Waals surface area contributed by atoms with Crippen molar-refractivity contribution in [2.75, 3.05) is 13.1 Å². The van der Waals surface area contributed by atoms with Gasteiger partial charge in [0.15, 0.2) is 0 Å². The van der Waals surface area contributed by atoms with Gasteiger partial charge in [-0.15, -0.1) is 0 Å². The lowest BCUT2D eigenvalue weighted by Crippen LogP contribution is -2.41. The Morgan fingerprint density at radius 1 is 1.21 bits per heavy atom. The molecule has 0 saturated carbocycles. The topological polar surface area (TPSA) is 33.1 Å². The molecule has 4 rings (SSSR count). The Labute approximate surface area is 115 Å². The maximum Gasteiger partial charge on any atom is 0.0540 e. The van der Waals surface area contributed by atoms with Crippen LogP contribution in [0.15, 0.2) is 6.20 Å². The molecule has 0 bridgehead atoms. The second-order valence-electron chi connectivity index (χ2n) is 6.42. The summed E-state index contributed by atoms with van der Waals surface area (Å²) in [5.74, 6) is 0. The smallest absolute Gasteiger partial charge is 0.0540 e. The summed E-state index contributed by atoms with van der Waals surface area (Å²) in [6.07, 6.45) is 9.98. The third-order valence-electron chi connectivity index (χ3n) is 5.40. The highest BCUT2D eigenvalue weighted by Crippen LogP contribution is 2.33. The summed E-state index contributed by atoms with van der Waals surface area (Å²) in [6, 6.07) is 2.06. The van der Waals surface area contributed by atoms with E-state index in [1.165, 1.54) is 62.9 Å². The highest BCUT2D eigenvalue weighted by atomic mass is 15.3. The molecule has 3 heterocycles. The van der Waals surface area contributed by atoms with Gasteiger partial charge in [-0.05, 0) is 45.1 Å². The van der Waals surface area contributed by atoms with Gasteiger partial charge in [0.1, 0.15) is 0 Å². The maximum atomic E-state index is 4.46. The number of nitrogens with one attached hydrogen (secondary N) is 1. The van der Waals surface area contributed by atoms with Gasteiger partial charge >= 0.3 is 0 Å². The zero-order chi connectivity index (χ0) is 12.8. The quantitative estimate of drug-likeness (QED) is 0.877. The Kier molecular flexibility index (Phi) is 2.88. The minimum Gasteiger partial charge on any atom is -0.305 e. The molecule has 2 fully saturated rings. The predicted octanol–water partition coefficient (Wildman–Crippen LogP) is 1.62. The largest absolute Gasteiger partial charge is 0.305 e. The first-order chi connectivity index (χ1) is 9.33. The van der Waals surface area contributed by atoms with Gasteiger partial charge in [0.2, 0.25) is 0 Å². The van der Waals surface area contributed by atoms with E-state index in [1.54, 1.807) is 0 Å². The molecular weight excluding hydrogens is 236 g/mol. The molecule has 0 aromatic carbocycles. The monoisotopic (exact) mass is 260 g/mol. The lowest BCUT2D eigenvalue weighted by atomic mass is 9.91. The van der Waals surface area contributed by atoms with E-state index >= 15 is 0 Å². The van der Waals surface area contributed by atoms with E-state index in [4.69, 9.17) is 0 Å². The predicted molar refractivity (Wildman–Crippen MR) is 75.0 cm³/mol. The molecule has 1 aromatic rings. The van der Waals surface area contributed by atoms with Crippen molar-refractivity contribution in [1.82, 2.24) is 20.0 Å². The lowest BCUT2D eigenvalue weighted by molar-refractivity contribution is 0.282. The molecule has 2 aliphatic heterocycles. The molecule has 19 heavy (non-hydrogen) atoms. The van der Waals surface area contributed by atoms with E-state index in [1.807, 2.05) is 0 Å². The molecular formula is C15H24N4. The second kappa shape index (κ2) is 4.60. The Hall–Kier alpha value is -0.870. The van der Waals surface area contributed by atoms with Crippen molar-refractivity contribution < 1.29 is 0 Å². The van der Waals surface area contributed by atoms with Crippen LogP contribution in [0.2, 0.25) is 0 Å². The molecule has 104 valence electrons. The van der Waals surface area contributed by atoms with Gasteiger partial charge in [0.25, 0.3) is 0 Å². The highest BCUT2D eigenvalue weighted by molar-refractivity contribution is 5.25. The van der Waals surface area contributed by atoms with E-state index < -0.39 is 0 Å². The van der Waals surface area contributed by atoms with Crippen LogP contribution in [-0.2, 0) is 13.5 Å². The average molecular weight is 260 g/mol. The zero-order valence-corrected chi connectivity index (χ0v) is 11.8. The van der Waals surface area contributed by atoms with Crippen molar-refractivity contribution in [2.24, 2.45) is 7.05 Å². The molecule has 4 heteroatoms. The minimum atomic E-state index is 0.544. The van der Waals surface area contributed by atoms with E-state index in [-0.39, 0.29) is 0 Å². The average Bonchev–Trinajstić information content (AvgIpc) is 3.09. The summed E-state index contributed by atoms with van der Waals surface area (Å²) in [7, 11) is 2.08. The van der Waals surface area contributed by atoms with E-state index in [9.17, 15) is 0 Å². The normalized spacial score (nSPS) is 34.5. The van der Waals surface area contributed by atoms with Crippen molar-refractivity contribution >= 4 is 0 Å². The van der Waals surface area contributed by atoms with Crippen LogP contribution in [0, 0.1) is 0 Å². The van der Waals surface area contributed by atoms with Gasteiger partial charge in [0.05, 0.1) is 6.20 Å². The van der Waals surface area contributed by atoms with Crippen LogP contribution in [0.5, 0.6) is 0 Å². The van der Waals surface area contributed by atoms with E-state index in [0.29, 0.717) is 12.1 Å². The molecule has 0 radical (unpaired) electrons. The number of aromatic nitrogens is 2. The van der Waals surface area contributed by atoms with Gasteiger partial charge in [-0.1, -0.05) is 0 Å². The fourth-order valence-corrected chi connectivity index (χ4v) is 4.41. The molecule has 1 aromatic heterocycles. The standard InChI is InChI=1S/C15H24N4/c1-18-14-5-2-4-12(11(14)10-16-18)17-13-7-9-19-8-3-6-15(13)19/h10,12-13,15,17H,2-9H2,1H3. The molecule has 3 aliphatic rings. The van der Waals surface area contributed by atoms with Crippen LogP contribution < -0.4 is 5.32 Å². The van der Waals surface area contributed by atoms with Crippen LogP contribution in [0.4, 0.5) is 0 Å². The Morgan fingerprint density at radius 3 is 3.11 bits per heavy atom. The number of aryl methyl sites for hydroxylation is 1. The van der Waals surface area contributed by atoms with Gasteiger partial charge in [0, 0.05) is 43.0 Å². The summed E-state index contributed by atoms with van der Waals surface area (Å²) in [4.78, 5) is 2.69. The molecule has 0 spiro atoms. The first-order valence-corrected chi connectivity index (χ1v) is 7.84. The van der Waals surface area contributed by atoms with Crippen molar-refractivity contribution in [3.05, 3.63) is 17.5 Å². The Bertz CT molecular complexity index is 467. The molecule has 1 N–H and O–H groups in total. The number of hydrogen-bond acceptors (Lipinski definition) is 3. The van der Waals surface area contributed by atoms with E-state index in [2.05, 4.69) is 33.2 Å². The van der Waals surface area contributed by atoms with Gasteiger partial charge < -0.3 is 5.32 Å². The third kappa shape index (κ3) is 1.93. The van der Waals surface area contributed by atoms with Gasteiger partial charge in [-0.3, -0.25) is 9.58 Å². The van der Waals surface area contributed by atoms with Gasteiger partial charge in [-0.25, -0.2) is 0 Å². The zero-order valence-electron chi connectivity index (χ0n) is 11.8. The van der Waals surface area contributed by atoms with Crippen LogP contribution in [0.1, 0.15) is 49.4 Å².